The Morgan fingerprint density at radius 2 is 2.12 bits per heavy atom. The van der Waals surface area contributed by atoms with Crippen LogP contribution in [0.15, 0.2) is 12.4 Å². The van der Waals surface area contributed by atoms with Gasteiger partial charge in [-0.3, -0.25) is 4.57 Å². The minimum atomic E-state index is -1.19. The molecule has 1 aliphatic heterocycles. The molecule has 0 aromatic carbocycles. The highest BCUT2D eigenvalue weighted by Gasteiger charge is 2.44. The van der Waals surface area contributed by atoms with Crippen molar-refractivity contribution in [1.29, 1.82) is 0 Å². The average molecular weight is 355 g/mol. The Morgan fingerprint density at radius 3 is 2.75 bits per heavy atom. The second-order valence-corrected chi connectivity index (χ2v) is 6.70. The number of aliphatic hydroxyl groups is 3. The zero-order chi connectivity index (χ0) is 16.8. The molecule has 2 aromatic heterocycles. The summed E-state index contributed by atoms with van der Waals surface area (Å²) < 4.78 is 7.09. The summed E-state index contributed by atoms with van der Waals surface area (Å²) in [5, 5.41) is 33.1. The summed E-state index contributed by atoms with van der Waals surface area (Å²) in [5.41, 5.74) is 1.88. The van der Waals surface area contributed by atoms with Gasteiger partial charge in [-0.15, -0.1) is 0 Å². The molecule has 9 heteroatoms. The number of halogens is 1. The van der Waals surface area contributed by atoms with Crippen molar-refractivity contribution in [2.45, 2.75) is 49.8 Å². The monoisotopic (exact) mass is 354 g/mol. The van der Waals surface area contributed by atoms with Gasteiger partial charge in [0.05, 0.1) is 18.6 Å². The number of imidazole rings is 1. The Morgan fingerprint density at radius 1 is 1.33 bits per heavy atom. The standard InChI is InChI=1S/C15H19ClN4O4/c16-10-4-8(18-7-2-1-3-7)11-14(19-10)20(6-17-11)15-13(23)12(22)9(5-21)24-15/h4,6-7,9,12-13,15,21-23H,1-3,5H2,(H,18,19)/t9-,12-,13?,15-/m1/s1. The van der Waals surface area contributed by atoms with Gasteiger partial charge in [-0.2, -0.15) is 0 Å². The number of hydrogen-bond acceptors (Lipinski definition) is 7. The maximum absolute atomic E-state index is 10.2. The van der Waals surface area contributed by atoms with Gasteiger partial charge in [0.25, 0.3) is 0 Å². The van der Waals surface area contributed by atoms with Crippen LogP contribution in [-0.2, 0) is 4.74 Å². The first-order valence-corrected chi connectivity index (χ1v) is 8.38. The summed E-state index contributed by atoms with van der Waals surface area (Å²) in [4.78, 5) is 8.66. The second-order valence-electron chi connectivity index (χ2n) is 6.32. The average Bonchev–Trinajstić information content (AvgIpc) is 3.05. The maximum Gasteiger partial charge on any atom is 0.165 e. The molecule has 8 nitrogen and oxygen atoms in total. The van der Waals surface area contributed by atoms with Crippen molar-refractivity contribution in [2.75, 3.05) is 11.9 Å². The summed E-state index contributed by atoms with van der Waals surface area (Å²) in [6.45, 7) is -0.385. The quantitative estimate of drug-likeness (QED) is 0.596. The minimum Gasteiger partial charge on any atom is -0.394 e. The molecule has 0 amide bonds. The lowest BCUT2D eigenvalue weighted by molar-refractivity contribution is -0.0511. The highest BCUT2D eigenvalue weighted by Crippen LogP contribution is 2.34. The molecule has 4 N–H and O–H groups in total. The first-order valence-electron chi connectivity index (χ1n) is 8.00. The van der Waals surface area contributed by atoms with E-state index in [9.17, 15) is 15.3 Å². The van der Waals surface area contributed by atoms with Crippen LogP contribution in [0, 0.1) is 0 Å². The maximum atomic E-state index is 10.2. The second kappa shape index (κ2) is 6.12. The van der Waals surface area contributed by atoms with Crippen molar-refractivity contribution in [1.82, 2.24) is 14.5 Å². The van der Waals surface area contributed by atoms with Crippen LogP contribution in [0.5, 0.6) is 0 Å². The first kappa shape index (κ1) is 16.0. The van der Waals surface area contributed by atoms with E-state index in [-0.39, 0.29) is 6.61 Å². The summed E-state index contributed by atoms with van der Waals surface area (Å²) in [7, 11) is 0. The topological polar surface area (TPSA) is 113 Å². The van der Waals surface area contributed by atoms with Crippen LogP contribution in [0.1, 0.15) is 25.5 Å². The van der Waals surface area contributed by atoms with Crippen molar-refractivity contribution in [3.63, 3.8) is 0 Å². The number of rotatable bonds is 4. The minimum absolute atomic E-state index is 0.304. The van der Waals surface area contributed by atoms with Crippen molar-refractivity contribution < 1.29 is 20.1 Å². The van der Waals surface area contributed by atoms with E-state index in [4.69, 9.17) is 16.3 Å². The van der Waals surface area contributed by atoms with Crippen LogP contribution in [0.3, 0.4) is 0 Å². The molecular weight excluding hydrogens is 336 g/mol. The molecule has 4 rings (SSSR count). The molecule has 0 spiro atoms. The molecule has 1 saturated carbocycles. The van der Waals surface area contributed by atoms with Gasteiger partial charge in [0, 0.05) is 12.1 Å². The number of pyridine rings is 1. The van der Waals surface area contributed by atoms with Gasteiger partial charge in [0.15, 0.2) is 11.9 Å². The number of hydrogen-bond donors (Lipinski definition) is 4. The van der Waals surface area contributed by atoms with Crippen LogP contribution < -0.4 is 5.32 Å². The van der Waals surface area contributed by atoms with E-state index in [1.807, 2.05) is 0 Å². The molecule has 2 aromatic rings. The van der Waals surface area contributed by atoms with Crippen molar-refractivity contribution >= 4 is 28.5 Å². The number of anilines is 1. The van der Waals surface area contributed by atoms with Gasteiger partial charge in [0.2, 0.25) is 0 Å². The first-order chi connectivity index (χ1) is 11.6. The molecule has 24 heavy (non-hydrogen) atoms. The SMILES string of the molecule is OC[C@H]1O[C@@H](n2cnc3c(NC4CCC4)cc(Cl)nc32)C(O)[C@@H]1O. The number of aliphatic hydroxyl groups excluding tert-OH is 3. The van der Waals surface area contributed by atoms with E-state index in [0.29, 0.717) is 22.4 Å². The predicted molar refractivity (Wildman–Crippen MR) is 86.8 cm³/mol. The number of aromatic nitrogens is 3. The van der Waals surface area contributed by atoms with E-state index in [0.717, 1.165) is 18.5 Å². The van der Waals surface area contributed by atoms with Crippen molar-refractivity contribution in [2.24, 2.45) is 0 Å². The lowest BCUT2D eigenvalue weighted by Crippen LogP contribution is -2.33. The fourth-order valence-corrected chi connectivity index (χ4v) is 3.34. The third kappa shape index (κ3) is 2.55. The fourth-order valence-electron chi connectivity index (χ4n) is 3.15. The van der Waals surface area contributed by atoms with E-state index >= 15 is 0 Å². The molecule has 1 aliphatic carbocycles. The van der Waals surface area contributed by atoms with E-state index in [2.05, 4.69) is 15.3 Å². The largest absolute Gasteiger partial charge is 0.394 e. The highest BCUT2D eigenvalue weighted by atomic mass is 35.5. The van der Waals surface area contributed by atoms with Gasteiger partial charge < -0.3 is 25.4 Å². The fraction of sp³-hybridized carbons (Fsp3) is 0.600. The Kier molecular flexibility index (Phi) is 4.09. The van der Waals surface area contributed by atoms with Crippen LogP contribution in [0.2, 0.25) is 5.15 Å². The molecule has 1 saturated heterocycles. The van der Waals surface area contributed by atoms with E-state index in [1.165, 1.54) is 17.3 Å². The summed E-state index contributed by atoms with van der Waals surface area (Å²) >= 11 is 6.14. The summed E-state index contributed by atoms with van der Waals surface area (Å²) in [6, 6.07) is 2.14. The predicted octanol–water partition coefficient (Wildman–Crippen LogP) is 0.661. The third-order valence-corrected chi connectivity index (χ3v) is 4.95. The molecule has 4 atom stereocenters. The number of fused-ring (bicyclic) bond motifs is 1. The highest BCUT2D eigenvalue weighted by molar-refractivity contribution is 6.30. The molecular formula is C15H19ClN4O4. The smallest absolute Gasteiger partial charge is 0.165 e. The zero-order valence-corrected chi connectivity index (χ0v) is 13.6. The third-order valence-electron chi connectivity index (χ3n) is 4.75. The van der Waals surface area contributed by atoms with Crippen LogP contribution in [0.4, 0.5) is 5.69 Å². The van der Waals surface area contributed by atoms with Crippen molar-refractivity contribution in [3.05, 3.63) is 17.5 Å². The van der Waals surface area contributed by atoms with Gasteiger partial charge in [-0.05, 0) is 19.3 Å². The molecule has 3 heterocycles. The van der Waals surface area contributed by atoms with Crippen LogP contribution >= 0.6 is 11.6 Å². The molecule has 1 unspecified atom stereocenters. The molecule has 0 radical (unpaired) electrons. The Hall–Kier alpha value is -1.45. The summed E-state index contributed by atoms with van der Waals surface area (Å²) in [5.74, 6) is 0. The van der Waals surface area contributed by atoms with Crippen LogP contribution in [0.25, 0.3) is 11.2 Å². The van der Waals surface area contributed by atoms with Gasteiger partial charge in [-0.25, -0.2) is 9.97 Å². The summed E-state index contributed by atoms with van der Waals surface area (Å²) in [6.07, 6.45) is 0.816. The van der Waals surface area contributed by atoms with E-state index < -0.39 is 24.5 Å². The lowest BCUT2D eigenvalue weighted by atomic mass is 9.93. The Bertz CT molecular complexity index is 750. The number of ether oxygens (including phenoxy) is 1. The van der Waals surface area contributed by atoms with Gasteiger partial charge in [-0.1, -0.05) is 11.6 Å². The molecule has 0 bridgehead atoms. The Balaban J connectivity index is 1.72. The van der Waals surface area contributed by atoms with Gasteiger partial charge >= 0.3 is 0 Å². The number of nitrogens with one attached hydrogen (secondary N) is 1. The zero-order valence-electron chi connectivity index (χ0n) is 12.8. The van der Waals surface area contributed by atoms with Crippen LogP contribution in [-0.4, -0.2) is 60.8 Å². The number of nitrogens with zero attached hydrogens (tertiary/aromatic N) is 3. The molecule has 130 valence electrons. The molecule has 2 fully saturated rings. The Labute approximate surface area is 143 Å². The van der Waals surface area contributed by atoms with E-state index in [1.54, 1.807) is 6.07 Å². The van der Waals surface area contributed by atoms with Crippen molar-refractivity contribution in [3.8, 4) is 0 Å². The van der Waals surface area contributed by atoms with Gasteiger partial charge in [0.1, 0.15) is 29.0 Å². The lowest BCUT2D eigenvalue weighted by Gasteiger charge is -2.27. The molecule has 2 aliphatic rings. The normalized spacial score (nSPS) is 30.7.